The van der Waals surface area contributed by atoms with E-state index in [0.29, 0.717) is 0 Å². The van der Waals surface area contributed by atoms with E-state index in [9.17, 15) is 4.79 Å². The summed E-state index contributed by atoms with van der Waals surface area (Å²) in [6, 6.07) is 17.6. The Morgan fingerprint density at radius 1 is 1.00 bits per heavy atom. The first kappa shape index (κ1) is 10.8. The third kappa shape index (κ3) is 1.53. The highest BCUT2D eigenvalue weighted by Gasteiger charge is 2.35. The largest absolute Gasteiger partial charge is 0.272 e. The highest BCUT2D eigenvalue weighted by Crippen LogP contribution is 2.43. The quantitative estimate of drug-likeness (QED) is 0.676. The van der Waals surface area contributed by atoms with Gasteiger partial charge in [0, 0.05) is 0 Å². The molecule has 2 heterocycles. The van der Waals surface area contributed by atoms with Crippen LogP contribution >= 0.6 is 11.8 Å². The van der Waals surface area contributed by atoms with Crippen LogP contribution in [-0.2, 0) is 0 Å². The van der Waals surface area contributed by atoms with E-state index in [4.69, 9.17) is 0 Å². The van der Waals surface area contributed by atoms with Gasteiger partial charge in [-0.2, -0.15) is 0 Å². The molecule has 0 N–H and O–H groups in total. The third-order valence-electron chi connectivity index (χ3n) is 3.30. The monoisotopic (exact) mass is 266 g/mol. The van der Waals surface area contributed by atoms with Crippen LogP contribution in [0.3, 0.4) is 0 Å². The molecule has 2 aromatic carbocycles. The van der Waals surface area contributed by atoms with Crippen molar-refractivity contribution in [2.24, 2.45) is 0 Å². The number of imidazole rings is 1. The molecule has 0 fully saturated rings. The topological polar surface area (TPSA) is 34.9 Å². The Labute approximate surface area is 114 Å². The fourth-order valence-electron chi connectivity index (χ4n) is 2.41. The molecule has 1 atom stereocenters. The van der Waals surface area contributed by atoms with E-state index < -0.39 is 0 Å². The van der Waals surface area contributed by atoms with Crippen molar-refractivity contribution in [3.8, 4) is 0 Å². The van der Waals surface area contributed by atoms with Gasteiger partial charge < -0.3 is 0 Å². The Balaban J connectivity index is 1.85. The number of thioether (sulfide) groups is 1. The number of aromatic nitrogens is 2. The molecule has 1 aliphatic heterocycles. The molecule has 0 aliphatic carbocycles. The lowest BCUT2D eigenvalue weighted by Crippen LogP contribution is -2.11. The number of carbonyl (C=O) groups excluding carboxylic acids is 1. The molecule has 0 saturated heterocycles. The van der Waals surface area contributed by atoms with Crippen LogP contribution in [-0.4, -0.2) is 15.5 Å². The minimum atomic E-state index is -0.173. The highest BCUT2D eigenvalue weighted by atomic mass is 32.2. The molecule has 92 valence electrons. The van der Waals surface area contributed by atoms with Gasteiger partial charge in [-0.1, -0.05) is 54.2 Å². The molecule has 1 unspecified atom stereocenters. The number of rotatable bonds is 1. The van der Waals surface area contributed by atoms with Crippen molar-refractivity contribution in [3.05, 3.63) is 60.2 Å². The summed E-state index contributed by atoms with van der Waals surface area (Å²) in [5, 5.41) is 0.619. The summed E-state index contributed by atoms with van der Waals surface area (Å²) in [4.78, 5) is 17.1. The summed E-state index contributed by atoms with van der Waals surface area (Å²) in [5.74, 6) is 0.0971. The molecule has 4 heteroatoms. The molecule has 3 nitrogen and oxygen atoms in total. The van der Waals surface area contributed by atoms with E-state index in [1.165, 1.54) is 11.8 Å². The van der Waals surface area contributed by atoms with Crippen molar-refractivity contribution in [2.75, 3.05) is 0 Å². The second-order valence-electron chi connectivity index (χ2n) is 4.47. The van der Waals surface area contributed by atoms with Crippen molar-refractivity contribution in [3.63, 3.8) is 0 Å². The molecule has 1 aromatic heterocycles. The molecule has 0 radical (unpaired) electrons. The normalized spacial score (nSPS) is 17.9. The second-order valence-corrected chi connectivity index (χ2v) is 5.54. The molecule has 0 saturated carbocycles. The van der Waals surface area contributed by atoms with Crippen molar-refractivity contribution in [1.29, 1.82) is 0 Å². The highest BCUT2D eigenvalue weighted by molar-refractivity contribution is 8.00. The van der Waals surface area contributed by atoms with E-state index in [1.54, 1.807) is 4.57 Å². The first-order valence-electron chi connectivity index (χ1n) is 6.08. The molecule has 3 aromatic rings. The SMILES string of the molecule is O=C1C(c2ccccc2)Sc2nc3ccccc3n21. The maximum absolute atomic E-state index is 12.6. The number of nitrogens with zero attached hydrogens (tertiary/aromatic N) is 2. The summed E-state index contributed by atoms with van der Waals surface area (Å²) in [5.41, 5.74) is 2.81. The van der Waals surface area contributed by atoms with Crippen LogP contribution in [0, 0.1) is 0 Å². The van der Waals surface area contributed by atoms with Crippen LogP contribution in [0.25, 0.3) is 11.0 Å². The van der Waals surface area contributed by atoms with E-state index in [1.807, 2.05) is 54.6 Å². The van der Waals surface area contributed by atoms with Crippen molar-refractivity contribution in [1.82, 2.24) is 9.55 Å². The van der Waals surface area contributed by atoms with Crippen LogP contribution in [0.1, 0.15) is 15.6 Å². The van der Waals surface area contributed by atoms with Gasteiger partial charge in [-0.05, 0) is 17.7 Å². The summed E-state index contributed by atoms with van der Waals surface area (Å²) in [6.07, 6.45) is 0. The van der Waals surface area contributed by atoms with Crippen LogP contribution < -0.4 is 0 Å². The first-order chi connectivity index (χ1) is 9.34. The molecule has 1 aliphatic rings. The zero-order chi connectivity index (χ0) is 12.8. The number of benzene rings is 2. The number of carbonyl (C=O) groups is 1. The number of fused-ring (bicyclic) bond motifs is 3. The van der Waals surface area contributed by atoms with Gasteiger partial charge in [0.1, 0.15) is 5.25 Å². The Hall–Kier alpha value is -2.07. The molecule has 0 bridgehead atoms. The van der Waals surface area contributed by atoms with Gasteiger partial charge in [0.05, 0.1) is 11.0 Å². The predicted octanol–water partition coefficient (Wildman–Crippen LogP) is 3.52. The van der Waals surface area contributed by atoms with E-state index >= 15 is 0 Å². The zero-order valence-electron chi connectivity index (χ0n) is 9.98. The van der Waals surface area contributed by atoms with Gasteiger partial charge in [-0.25, -0.2) is 4.98 Å². The molecule has 4 rings (SSSR count). The van der Waals surface area contributed by atoms with Gasteiger partial charge in [0.25, 0.3) is 5.91 Å². The fourth-order valence-corrected chi connectivity index (χ4v) is 3.56. The van der Waals surface area contributed by atoms with Crippen LogP contribution in [0.15, 0.2) is 59.8 Å². The van der Waals surface area contributed by atoms with E-state index in [-0.39, 0.29) is 11.2 Å². The summed E-state index contributed by atoms with van der Waals surface area (Å²) < 4.78 is 1.73. The maximum Gasteiger partial charge on any atom is 0.251 e. The van der Waals surface area contributed by atoms with Crippen molar-refractivity contribution >= 4 is 28.7 Å². The smallest absolute Gasteiger partial charge is 0.251 e. The van der Waals surface area contributed by atoms with Gasteiger partial charge in [-0.15, -0.1) is 0 Å². The van der Waals surface area contributed by atoms with Gasteiger partial charge >= 0.3 is 0 Å². The Morgan fingerprint density at radius 3 is 2.58 bits per heavy atom. The van der Waals surface area contributed by atoms with Crippen molar-refractivity contribution in [2.45, 2.75) is 10.4 Å². The average molecular weight is 266 g/mol. The van der Waals surface area contributed by atoms with Crippen LogP contribution in [0.4, 0.5) is 0 Å². The lowest BCUT2D eigenvalue weighted by molar-refractivity contribution is 0.0915. The molecular formula is C15H10N2OS. The van der Waals surface area contributed by atoms with E-state index in [0.717, 1.165) is 21.8 Å². The van der Waals surface area contributed by atoms with Gasteiger partial charge in [-0.3, -0.25) is 9.36 Å². The Morgan fingerprint density at radius 2 is 1.74 bits per heavy atom. The number of hydrogen-bond acceptors (Lipinski definition) is 3. The van der Waals surface area contributed by atoms with Gasteiger partial charge in [0.2, 0.25) is 0 Å². The summed E-state index contributed by atoms with van der Waals surface area (Å²) >= 11 is 1.53. The lowest BCUT2D eigenvalue weighted by atomic mass is 10.1. The first-order valence-corrected chi connectivity index (χ1v) is 6.96. The van der Waals surface area contributed by atoms with Crippen LogP contribution in [0.5, 0.6) is 0 Å². The number of hydrogen-bond donors (Lipinski definition) is 0. The molecule has 0 amide bonds. The molecule has 0 spiro atoms. The average Bonchev–Trinajstić information content (AvgIpc) is 2.97. The zero-order valence-corrected chi connectivity index (χ0v) is 10.8. The molecule has 19 heavy (non-hydrogen) atoms. The van der Waals surface area contributed by atoms with Crippen molar-refractivity contribution < 1.29 is 4.79 Å². The molecular weight excluding hydrogens is 256 g/mol. The Kier molecular flexibility index (Phi) is 2.26. The predicted molar refractivity (Wildman–Crippen MR) is 75.4 cm³/mol. The standard InChI is InChI=1S/C15H10N2OS/c18-14-13(10-6-2-1-3-7-10)19-15-16-11-8-4-5-9-12(11)17(14)15/h1-9,13H. The Bertz CT molecular complexity index is 779. The summed E-state index contributed by atoms with van der Waals surface area (Å²) in [6.45, 7) is 0. The number of para-hydroxylation sites is 2. The summed E-state index contributed by atoms with van der Waals surface area (Å²) in [7, 11) is 0. The fraction of sp³-hybridized carbons (Fsp3) is 0.0667. The second kappa shape index (κ2) is 3.96. The lowest BCUT2D eigenvalue weighted by Gasteiger charge is -2.06. The maximum atomic E-state index is 12.6. The minimum Gasteiger partial charge on any atom is -0.272 e. The van der Waals surface area contributed by atoms with E-state index in [2.05, 4.69) is 4.98 Å². The van der Waals surface area contributed by atoms with Gasteiger partial charge in [0.15, 0.2) is 5.16 Å². The third-order valence-corrected chi connectivity index (χ3v) is 4.49. The minimum absolute atomic E-state index is 0.0971. The van der Waals surface area contributed by atoms with Crippen LogP contribution in [0.2, 0.25) is 0 Å².